The number of nitrogens with zero attached hydrogens (tertiary/aromatic N) is 3. The minimum Gasteiger partial charge on any atom is -0.504 e. The Bertz CT molecular complexity index is 911. The summed E-state index contributed by atoms with van der Waals surface area (Å²) >= 11 is 0. The number of benzene rings is 1. The van der Waals surface area contributed by atoms with Crippen LogP contribution >= 0.6 is 0 Å². The number of carbonyl (C=O) groups excluding carboxylic acids is 1. The van der Waals surface area contributed by atoms with Crippen LogP contribution in [0.3, 0.4) is 0 Å². The van der Waals surface area contributed by atoms with Crippen LogP contribution in [0, 0.1) is 29.1 Å². The Hall–Kier alpha value is -2.98. The molecule has 2 aliphatic rings. The molecule has 3 atom stereocenters. The Labute approximate surface area is 162 Å². The van der Waals surface area contributed by atoms with Gasteiger partial charge in [-0.3, -0.25) is 9.69 Å². The van der Waals surface area contributed by atoms with Crippen LogP contribution in [0.4, 0.5) is 4.39 Å². The van der Waals surface area contributed by atoms with Crippen molar-refractivity contribution in [3.05, 3.63) is 53.6 Å². The van der Waals surface area contributed by atoms with Crippen LogP contribution in [-0.4, -0.2) is 46.5 Å². The van der Waals surface area contributed by atoms with Crippen molar-refractivity contribution in [3.63, 3.8) is 0 Å². The second-order valence-corrected chi connectivity index (χ2v) is 7.49. The highest BCUT2D eigenvalue weighted by molar-refractivity contribution is 5.95. The molecule has 0 amide bonds. The molecule has 1 saturated heterocycles. The van der Waals surface area contributed by atoms with E-state index in [1.165, 1.54) is 6.07 Å². The van der Waals surface area contributed by atoms with Crippen molar-refractivity contribution >= 4 is 5.78 Å². The number of halogens is 1. The van der Waals surface area contributed by atoms with Crippen LogP contribution in [0.15, 0.2) is 36.4 Å². The predicted octanol–water partition coefficient (Wildman–Crippen LogP) is 2.77. The zero-order valence-electron chi connectivity index (χ0n) is 15.2. The highest BCUT2D eigenvalue weighted by atomic mass is 19.1. The molecule has 1 aliphatic carbocycles. The lowest BCUT2D eigenvalue weighted by atomic mass is 10.0. The number of carbonyl (C=O) groups is 1. The van der Waals surface area contributed by atoms with E-state index in [0.29, 0.717) is 17.4 Å². The molecular formula is C21H20FN3O3. The van der Waals surface area contributed by atoms with Crippen molar-refractivity contribution in [3.8, 4) is 17.6 Å². The normalized spacial score (nSPS) is 23.9. The molecule has 0 radical (unpaired) electrons. The number of Topliss-reactive ketones (excluding diaryl/α,β-unsaturated/α-hetero) is 1. The van der Waals surface area contributed by atoms with Gasteiger partial charge in [0.1, 0.15) is 11.4 Å². The number of aromatic nitrogens is 1. The number of likely N-dealkylation sites (tertiary alicyclic amines) is 1. The van der Waals surface area contributed by atoms with E-state index in [1.807, 2.05) is 12.1 Å². The quantitative estimate of drug-likeness (QED) is 0.633. The van der Waals surface area contributed by atoms with Gasteiger partial charge in [-0.1, -0.05) is 0 Å². The number of rotatable bonds is 5. The van der Waals surface area contributed by atoms with Crippen LogP contribution in [-0.2, 0) is 0 Å². The topological polar surface area (TPSA) is 86.5 Å². The molecule has 7 heteroatoms. The van der Waals surface area contributed by atoms with E-state index in [0.717, 1.165) is 37.7 Å². The Kier molecular flexibility index (Phi) is 4.97. The van der Waals surface area contributed by atoms with Gasteiger partial charge in [-0.15, -0.1) is 0 Å². The molecule has 2 heterocycles. The Morgan fingerprint density at radius 2 is 1.89 bits per heavy atom. The number of hydrogen-bond donors (Lipinski definition) is 1. The molecule has 28 heavy (non-hydrogen) atoms. The second-order valence-electron chi connectivity index (χ2n) is 7.49. The predicted molar refractivity (Wildman–Crippen MR) is 98.4 cm³/mol. The highest BCUT2D eigenvalue weighted by Gasteiger charge is 2.42. The summed E-state index contributed by atoms with van der Waals surface area (Å²) in [7, 11) is 0. The van der Waals surface area contributed by atoms with Crippen molar-refractivity contribution < 1.29 is 19.0 Å². The molecule has 0 spiro atoms. The number of ether oxygens (including phenoxy) is 1. The van der Waals surface area contributed by atoms with Gasteiger partial charge in [0, 0.05) is 13.1 Å². The monoisotopic (exact) mass is 381 g/mol. The number of ketones is 1. The smallest absolute Gasteiger partial charge is 0.255 e. The fourth-order valence-corrected chi connectivity index (χ4v) is 4.23. The zero-order valence-corrected chi connectivity index (χ0v) is 15.2. The van der Waals surface area contributed by atoms with Gasteiger partial charge < -0.3 is 9.84 Å². The fraction of sp³-hybridized carbons (Fsp3) is 0.381. The van der Waals surface area contributed by atoms with Crippen LogP contribution in [0.25, 0.3) is 0 Å². The lowest BCUT2D eigenvalue weighted by Crippen LogP contribution is -2.30. The van der Waals surface area contributed by atoms with E-state index in [4.69, 9.17) is 10.00 Å². The van der Waals surface area contributed by atoms with Gasteiger partial charge in [0.2, 0.25) is 0 Å². The molecule has 1 aromatic carbocycles. The molecule has 0 unspecified atom stereocenters. The summed E-state index contributed by atoms with van der Waals surface area (Å²) in [5, 5.41) is 18.0. The Morgan fingerprint density at radius 1 is 1.21 bits per heavy atom. The summed E-state index contributed by atoms with van der Waals surface area (Å²) in [6.45, 7) is 1.82. The largest absolute Gasteiger partial charge is 0.504 e. The summed E-state index contributed by atoms with van der Waals surface area (Å²) in [6, 6.07) is 11.7. The maximum atomic E-state index is 13.3. The first-order valence-electron chi connectivity index (χ1n) is 9.29. The van der Waals surface area contributed by atoms with Gasteiger partial charge in [0.25, 0.3) is 5.95 Å². The van der Waals surface area contributed by atoms with Gasteiger partial charge in [-0.25, -0.2) is 4.98 Å². The highest BCUT2D eigenvalue weighted by Crippen LogP contribution is 2.39. The summed E-state index contributed by atoms with van der Waals surface area (Å²) < 4.78 is 19.4. The number of pyridine rings is 1. The Morgan fingerprint density at radius 3 is 2.50 bits per heavy atom. The molecule has 144 valence electrons. The summed E-state index contributed by atoms with van der Waals surface area (Å²) in [5.74, 6) is -0.102. The molecule has 2 aromatic rings. The molecule has 1 aliphatic heterocycles. The third kappa shape index (κ3) is 3.82. The van der Waals surface area contributed by atoms with Crippen molar-refractivity contribution in [1.29, 1.82) is 5.26 Å². The zero-order chi connectivity index (χ0) is 19.7. The lowest BCUT2D eigenvalue weighted by molar-refractivity contribution is 0.0930. The van der Waals surface area contributed by atoms with E-state index in [9.17, 15) is 14.3 Å². The van der Waals surface area contributed by atoms with E-state index in [2.05, 4.69) is 16.0 Å². The average Bonchev–Trinajstić information content (AvgIpc) is 3.22. The maximum Gasteiger partial charge on any atom is 0.255 e. The van der Waals surface area contributed by atoms with Gasteiger partial charge in [-0.05, 0) is 61.1 Å². The summed E-state index contributed by atoms with van der Waals surface area (Å²) in [6.07, 6.45) is 2.01. The van der Waals surface area contributed by atoms with E-state index < -0.39 is 11.7 Å². The third-order valence-electron chi connectivity index (χ3n) is 5.55. The minimum absolute atomic E-state index is 0.0365. The first-order valence-corrected chi connectivity index (χ1v) is 9.29. The molecular weight excluding hydrogens is 361 g/mol. The average molecular weight is 381 g/mol. The molecule has 2 fully saturated rings. The molecule has 1 saturated carbocycles. The van der Waals surface area contributed by atoms with Gasteiger partial charge >= 0.3 is 0 Å². The summed E-state index contributed by atoms with van der Waals surface area (Å²) in [5.41, 5.74) is 0.647. The van der Waals surface area contributed by atoms with Crippen LogP contribution in [0.2, 0.25) is 0 Å². The van der Waals surface area contributed by atoms with Gasteiger partial charge in [-0.2, -0.15) is 9.65 Å². The van der Waals surface area contributed by atoms with Crippen molar-refractivity contribution in [1.82, 2.24) is 9.88 Å². The molecule has 4 rings (SSSR count). The van der Waals surface area contributed by atoms with Crippen molar-refractivity contribution in [2.75, 3.05) is 19.6 Å². The number of fused-ring (bicyclic) bond motifs is 1. The molecule has 1 N–H and O–H groups in total. The molecule has 1 aromatic heterocycles. The Balaban J connectivity index is 1.29. The van der Waals surface area contributed by atoms with Crippen LogP contribution in [0.1, 0.15) is 28.9 Å². The van der Waals surface area contributed by atoms with E-state index in [-0.39, 0.29) is 24.1 Å². The second kappa shape index (κ2) is 7.56. The van der Waals surface area contributed by atoms with Crippen LogP contribution < -0.4 is 4.74 Å². The fourth-order valence-electron chi connectivity index (χ4n) is 4.23. The molecule has 0 bridgehead atoms. The summed E-state index contributed by atoms with van der Waals surface area (Å²) in [4.78, 5) is 18.0. The van der Waals surface area contributed by atoms with E-state index in [1.54, 1.807) is 12.1 Å². The standard InChI is InChI=1S/C21H20FN3O3/c22-21-19(26)6-5-18(24-21)20(27)12-25-10-14-7-17(8-15(14)11-25)28-16-3-1-13(9-23)2-4-16/h1-6,14-15,17,26H,7-8,10-12H2/t14-,15+,17-. The minimum atomic E-state index is -1.02. The lowest BCUT2D eigenvalue weighted by Gasteiger charge is -2.19. The van der Waals surface area contributed by atoms with Crippen LogP contribution in [0.5, 0.6) is 11.5 Å². The first kappa shape index (κ1) is 18.4. The SMILES string of the molecule is N#Cc1ccc(O[C@@H]2C[C@@H]3CN(CC(=O)c4ccc(O)c(F)n4)C[C@@H]3C2)cc1. The third-order valence-corrected chi connectivity index (χ3v) is 5.55. The van der Waals surface area contributed by atoms with Gasteiger partial charge in [0.15, 0.2) is 11.5 Å². The number of nitriles is 1. The number of hydrogen-bond acceptors (Lipinski definition) is 6. The number of aromatic hydroxyl groups is 1. The van der Waals surface area contributed by atoms with Crippen molar-refractivity contribution in [2.45, 2.75) is 18.9 Å². The van der Waals surface area contributed by atoms with E-state index >= 15 is 0 Å². The first-order chi connectivity index (χ1) is 13.5. The maximum absolute atomic E-state index is 13.3. The van der Waals surface area contributed by atoms with Gasteiger partial charge in [0.05, 0.1) is 24.3 Å². The molecule has 6 nitrogen and oxygen atoms in total. The van der Waals surface area contributed by atoms with Crippen molar-refractivity contribution in [2.24, 2.45) is 11.8 Å².